The fourth-order valence-electron chi connectivity index (χ4n) is 2.07. The number of nitrogens with one attached hydrogen (secondary N) is 1. The van der Waals surface area contributed by atoms with Crippen LogP contribution in [0.3, 0.4) is 0 Å². The highest BCUT2D eigenvalue weighted by molar-refractivity contribution is 6.30. The number of ether oxygens (including phenoxy) is 1. The number of benzene rings is 1. The second-order valence-electron chi connectivity index (χ2n) is 6.45. The van der Waals surface area contributed by atoms with Gasteiger partial charge >= 0.3 is 6.09 Å². The van der Waals surface area contributed by atoms with Crippen molar-refractivity contribution in [1.29, 1.82) is 0 Å². The van der Waals surface area contributed by atoms with E-state index in [4.69, 9.17) is 26.3 Å². The molecule has 0 spiro atoms. The molecule has 1 atom stereocenters. The first-order valence-electron chi connectivity index (χ1n) is 7.84. The Labute approximate surface area is 155 Å². The van der Waals surface area contributed by atoms with Gasteiger partial charge in [0, 0.05) is 16.4 Å². The monoisotopic (exact) mass is 378 g/mol. The van der Waals surface area contributed by atoms with Crippen LogP contribution >= 0.6 is 11.6 Å². The lowest BCUT2D eigenvalue weighted by Gasteiger charge is -2.22. The van der Waals surface area contributed by atoms with E-state index in [0.717, 1.165) is 5.56 Å². The highest BCUT2D eigenvalue weighted by atomic mass is 35.5. The molecule has 0 saturated carbocycles. The lowest BCUT2D eigenvalue weighted by atomic mass is 10.1. The third kappa shape index (κ3) is 6.27. The van der Waals surface area contributed by atoms with Crippen LogP contribution in [0.15, 0.2) is 33.8 Å². The Morgan fingerprint density at radius 3 is 2.69 bits per heavy atom. The van der Waals surface area contributed by atoms with Gasteiger partial charge in [0.1, 0.15) is 18.2 Å². The first kappa shape index (κ1) is 19.6. The number of carbonyl (C=O) groups is 1. The zero-order valence-electron chi connectivity index (χ0n) is 14.6. The van der Waals surface area contributed by atoms with E-state index in [1.165, 1.54) is 0 Å². The van der Waals surface area contributed by atoms with E-state index in [9.17, 15) is 4.79 Å². The molecule has 26 heavy (non-hydrogen) atoms. The summed E-state index contributed by atoms with van der Waals surface area (Å²) in [6, 6.07) is 6.57. The summed E-state index contributed by atoms with van der Waals surface area (Å²) in [5.41, 5.74) is 8.64. The Bertz CT molecular complexity index is 793. The number of alkyl carbamates (subject to hydrolysis) is 1. The van der Waals surface area contributed by atoms with Crippen LogP contribution in [0.1, 0.15) is 44.2 Å². The van der Waals surface area contributed by atoms with Gasteiger partial charge in [-0.25, -0.2) is 4.79 Å². The maximum absolute atomic E-state index is 12.2. The van der Waals surface area contributed by atoms with E-state index < -0.39 is 17.7 Å². The molecule has 0 fully saturated rings. The van der Waals surface area contributed by atoms with Crippen LogP contribution in [0.25, 0.3) is 10.4 Å². The Balaban J connectivity index is 2.19. The van der Waals surface area contributed by atoms with Gasteiger partial charge in [0.2, 0.25) is 11.8 Å². The number of halogens is 1. The molecule has 0 radical (unpaired) electrons. The summed E-state index contributed by atoms with van der Waals surface area (Å²) in [6.07, 6.45) is -0.217. The average Bonchev–Trinajstić information content (AvgIpc) is 3.01. The van der Waals surface area contributed by atoms with E-state index in [2.05, 4.69) is 25.5 Å². The molecule has 1 heterocycles. The molecule has 1 N–H and O–H groups in total. The van der Waals surface area contributed by atoms with Crippen LogP contribution in [-0.4, -0.2) is 21.9 Å². The molecule has 2 rings (SSSR count). The van der Waals surface area contributed by atoms with Crippen molar-refractivity contribution in [2.75, 3.05) is 0 Å². The highest BCUT2D eigenvalue weighted by Gasteiger charge is 2.24. The first-order chi connectivity index (χ1) is 12.3. The number of carbonyl (C=O) groups excluding carboxylic acids is 1. The van der Waals surface area contributed by atoms with Crippen LogP contribution in [0.2, 0.25) is 5.02 Å². The van der Waals surface area contributed by atoms with Crippen LogP contribution < -0.4 is 5.32 Å². The van der Waals surface area contributed by atoms with Gasteiger partial charge in [0.25, 0.3) is 0 Å². The molecular weight excluding hydrogens is 360 g/mol. The van der Waals surface area contributed by atoms with Crippen molar-refractivity contribution < 1.29 is 13.9 Å². The number of hydrogen-bond donors (Lipinski definition) is 1. The lowest BCUT2D eigenvalue weighted by molar-refractivity contribution is 0.0495. The summed E-state index contributed by atoms with van der Waals surface area (Å²) < 4.78 is 10.8. The largest absolute Gasteiger partial charge is 0.444 e. The van der Waals surface area contributed by atoms with Crippen molar-refractivity contribution in [3.63, 3.8) is 0 Å². The Morgan fingerprint density at radius 1 is 1.38 bits per heavy atom. The molecule has 138 valence electrons. The molecule has 0 aliphatic rings. The summed E-state index contributed by atoms with van der Waals surface area (Å²) in [4.78, 5) is 14.8. The van der Waals surface area contributed by atoms with Gasteiger partial charge in [0.05, 0.1) is 0 Å². The molecule has 0 unspecified atom stereocenters. The van der Waals surface area contributed by atoms with Gasteiger partial charge in [-0.3, -0.25) is 0 Å². The Kier molecular flexibility index (Phi) is 6.43. The van der Waals surface area contributed by atoms with Gasteiger partial charge in [0.15, 0.2) is 0 Å². The zero-order valence-corrected chi connectivity index (χ0v) is 15.4. The van der Waals surface area contributed by atoms with Crippen molar-refractivity contribution in [3.05, 3.63) is 57.1 Å². The topological polar surface area (TPSA) is 126 Å². The van der Waals surface area contributed by atoms with E-state index >= 15 is 0 Å². The van der Waals surface area contributed by atoms with Crippen LogP contribution in [0.5, 0.6) is 0 Å². The number of aromatic nitrogens is 2. The highest BCUT2D eigenvalue weighted by Crippen LogP contribution is 2.20. The average molecular weight is 379 g/mol. The number of rotatable bonds is 6. The Hall–Kier alpha value is -2.77. The normalized spacial score (nSPS) is 12.2. The predicted molar refractivity (Wildman–Crippen MR) is 94.4 cm³/mol. The second-order valence-corrected chi connectivity index (χ2v) is 6.89. The summed E-state index contributed by atoms with van der Waals surface area (Å²) in [5.74, 6) is 0.346. The SMILES string of the molecule is CC(C)(C)OC(=O)N[C@@H](Cc1ccc(Cl)cc1)c1nnc(CN=[N+]=[N-])o1. The van der Waals surface area contributed by atoms with Gasteiger partial charge in [-0.2, -0.15) is 0 Å². The minimum atomic E-state index is -0.642. The van der Waals surface area contributed by atoms with Gasteiger partial charge in [-0.15, -0.1) is 10.2 Å². The zero-order chi connectivity index (χ0) is 19.2. The maximum Gasteiger partial charge on any atom is 0.408 e. The molecule has 1 aromatic heterocycles. The van der Waals surface area contributed by atoms with Crippen molar-refractivity contribution >= 4 is 17.7 Å². The van der Waals surface area contributed by atoms with Crippen molar-refractivity contribution in [3.8, 4) is 0 Å². The molecule has 0 saturated heterocycles. The Morgan fingerprint density at radius 2 is 2.08 bits per heavy atom. The van der Waals surface area contributed by atoms with E-state index in [-0.39, 0.29) is 18.3 Å². The molecule has 0 aliphatic heterocycles. The van der Waals surface area contributed by atoms with Crippen LogP contribution in [0, 0.1) is 0 Å². The quantitative estimate of drug-likeness (QED) is 0.454. The third-order valence-electron chi connectivity index (χ3n) is 3.09. The number of nitrogens with zero attached hydrogens (tertiary/aromatic N) is 5. The molecule has 10 heteroatoms. The van der Waals surface area contributed by atoms with E-state index in [1.54, 1.807) is 32.9 Å². The summed E-state index contributed by atoms with van der Waals surface area (Å²) >= 11 is 5.90. The third-order valence-corrected chi connectivity index (χ3v) is 3.35. The lowest BCUT2D eigenvalue weighted by Crippen LogP contribution is -2.36. The summed E-state index contributed by atoms with van der Waals surface area (Å²) in [5, 5.41) is 14.5. The molecule has 0 bridgehead atoms. The summed E-state index contributed by atoms with van der Waals surface area (Å²) in [7, 11) is 0. The van der Waals surface area contributed by atoms with Crippen molar-refractivity contribution in [2.45, 2.75) is 45.4 Å². The number of amides is 1. The number of hydrogen-bond acceptors (Lipinski definition) is 6. The molecule has 1 aromatic carbocycles. The van der Waals surface area contributed by atoms with Gasteiger partial charge < -0.3 is 14.5 Å². The van der Waals surface area contributed by atoms with Crippen molar-refractivity contribution in [1.82, 2.24) is 15.5 Å². The summed E-state index contributed by atoms with van der Waals surface area (Å²) in [6.45, 7) is 5.24. The van der Waals surface area contributed by atoms with Gasteiger partial charge in [-0.1, -0.05) is 28.8 Å². The van der Waals surface area contributed by atoms with Crippen LogP contribution in [-0.2, 0) is 17.7 Å². The molecule has 9 nitrogen and oxygen atoms in total. The van der Waals surface area contributed by atoms with Crippen molar-refractivity contribution in [2.24, 2.45) is 5.11 Å². The maximum atomic E-state index is 12.2. The minimum Gasteiger partial charge on any atom is -0.444 e. The minimum absolute atomic E-state index is 0.0659. The number of azide groups is 1. The molecule has 0 aliphatic carbocycles. The van der Waals surface area contributed by atoms with E-state index in [0.29, 0.717) is 11.4 Å². The molecule has 1 amide bonds. The fraction of sp³-hybridized carbons (Fsp3) is 0.438. The second kappa shape index (κ2) is 8.55. The predicted octanol–water partition coefficient (Wildman–Crippen LogP) is 4.34. The van der Waals surface area contributed by atoms with Crippen LogP contribution in [0.4, 0.5) is 4.79 Å². The standard InChI is InChI=1S/C16H19ClN6O3/c1-16(2,3)26-15(24)20-12(8-10-4-6-11(17)7-5-10)14-22-21-13(25-14)9-19-23-18/h4-7,12H,8-9H2,1-3H3,(H,20,24)/t12-/m0/s1. The fourth-order valence-corrected chi connectivity index (χ4v) is 2.20. The first-order valence-corrected chi connectivity index (χ1v) is 8.22. The van der Waals surface area contributed by atoms with Gasteiger partial charge in [-0.05, 0) is 44.0 Å². The smallest absolute Gasteiger partial charge is 0.408 e. The molecule has 2 aromatic rings. The van der Waals surface area contributed by atoms with E-state index in [1.807, 2.05) is 12.1 Å². The molecular formula is C16H19ClN6O3.